The Bertz CT molecular complexity index is 659. The number of primary amides is 1. The first-order chi connectivity index (χ1) is 11.7. The second-order valence-corrected chi connectivity index (χ2v) is 8.00. The molecule has 0 spiro atoms. The zero-order chi connectivity index (χ0) is 18.2. The van der Waals surface area contributed by atoms with Gasteiger partial charge in [-0.2, -0.15) is 4.98 Å². The lowest BCUT2D eigenvalue weighted by molar-refractivity contribution is 0.0427. The number of nitrogens with two attached hydrogens (primary N) is 1. The molecule has 0 radical (unpaired) electrons. The largest absolute Gasteiger partial charge is 0.390 e. The molecule has 1 aromatic heterocycles. The smallest absolute Gasteiger partial charge is 0.254 e. The van der Waals surface area contributed by atoms with Crippen LogP contribution >= 0.6 is 0 Å². The summed E-state index contributed by atoms with van der Waals surface area (Å²) in [6.45, 7) is 6.88. The van der Waals surface area contributed by atoms with Crippen LogP contribution in [0.4, 0.5) is 11.8 Å². The van der Waals surface area contributed by atoms with Crippen LogP contribution < -0.4 is 16.0 Å². The first-order valence-corrected chi connectivity index (χ1v) is 9.17. The van der Waals surface area contributed by atoms with Gasteiger partial charge in [0, 0.05) is 18.8 Å². The number of carbonyl (C=O) groups is 1. The Morgan fingerprint density at radius 3 is 2.84 bits per heavy atom. The lowest BCUT2D eigenvalue weighted by atomic mass is 9.92. The molecule has 3 rings (SSSR count). The third-order valence-corrected chi connectivity index (χ3v) is 5.74. The number of rotatable bonds is 8. The average molecular weight is 347 g/mol. The van der Waals surface area contributed by atoms with E-state index in [9.17, 15) is 9.90 Å². The highest BCUT2D eigenvalue weighted by Gasteiger charge is 2.49. The number of hydrogen-bond donors (Lipinski definition) is 3. The zero-order valence-corrected chi connectivity index (χ0v) is 15.4. The van der Waals surface area contributed by atoms with Crippen molar-refractivity contribution in [2.24, 2.45) is 5.73 Å². The maximum atomic E-state index is 11.6. The van der Waals surface area contributed by atoms with E-state index in [2.05, 4.69) is 27.1 Å². The number of amides is 1. The van der Waals surface area contributed by atoms with E-state index < -0.39 is 11.5 Å². The molecule has 1 aliphatic carbocycles. The first-order valence-electron chi connectivity index (χ1n) is 9.17. The quantitative estimate of drug-likeness (QED) is 0.622. The zero-order valence-electron chi connectivity index (χ0n) is 15.4. The number of aromatic nitrogens is 2. The Kier molecular flexibility index (Phi) is 4.62. The molecule has 1 amide bonds. The van der Waals surface area contributed by atoms with Crippen molar-refractivity contribution in [3.63, 3.8) is 0 Å². The van der Waals surface area contributed by atoms with Gasteiger partial charge in [0.1, 0.15) is 5.82 Å². The fraction of sp³-hybridized carbons (Fsp3) is 0.722. The predicted octanol–water partition coefficient (Wildman–Crippen LogP) is 2.06. The molecule has 2 atom stereocenters. The Labute approximate surface area is 149 Å². The number of hydrogen-bond acceptors (Lipinski definition) is 6. The number of aliphatic hydroxyl groups is 1. The third-order valence-electron chi connectivity index (χ3n) is 5.74. The van der Waals surface area contributed by atoms with E-state index in [0.29, 0.717) is 23.4 Å². The summed E-state index contributed by atoms with van der Waals surface area (Å²) in [7, 11) is 0. The van der Waals surface area contributed by atoms with Crippen molar-refractivity contribution in [2.45, 2.75) is 76.5 Å². The van der Waals surface area contributed by atoms with E-state index >= 15 is 0 Å². The summed E-state index contributed by atoms with van der Waals surface area (Å²) in [5.74, 6) is 0.642. The fourth-order valence-corrected chi connectivity index (χ4v) is 3.09. The van der Waals surface area contributed by atoms with Gasteiger partial charge < -0.3 is 21.1 Å². The van der Waals surface area contributed by atoms with Crippen molar-refractivity contribution in [1.82, 2.24) is 9.97 Å². The standard InChI is InChI=1S/C18H29N5O2/c1-4-18(3,25)9-8-17(2)11-23(17)16-20-10-13(14(19)24)15(22-16)21-12-6-5-7-12/h10,12,25H,4-9,11H2,1-3H3,(H2,19,24)(H,20,21,22). The average Bonchev–Trinajstić information content (AvgIpc) is 3.21. The predicted molar refractivity (Wildman–Crippen MR) is 97.7 cm³/mol. The van der Waals surface area contributed by atoms with Gasteiger partial charge in [0.2, 0.25) is 5.95 Å². The van der Waals surface area contributed by atoms with Crippen LogP contribution in [-0.2, 0) is 0 Å². The molecule has 7 nitrogen and oxygen atoms in total. The third kappa shape index (κ3) is 3.86. The Morgan fingerprint density at radius 1 is 1.56 bits per heavy atom. The van der Waals surface area contributed by atoms with Crippen molar-refractivity contribution < 1.29 is 9.90 Å². The second-order valence-electron chi connectivity index (χ2n) is 8.00. The Morgan fingerprint density at radius 2 is 2.28 bits per heavy atom. The van der Waals surface area contributed by atoms with Crippen LogP contribution in [0.15, 0.2) is 6.20 Å². The van der Waals surface area contributed by atoms with Crippen molar-refractivity contribution in [1.29, 1.82) is 0 Å². The first kappa shape index (κ1) is 17.9. The monoisotopic (exact) mass is 347 g/mol. The van der Waals surface area contributed by atoms with Crippen LogP contribution in [-0.4, -0.2) is 44.7 Å². The van der Waals surface area contributed by atoms with Crippen LogP contribution in [0.2, 0.25) is 0 Å². The number of anilines is 2. The van der Waals surface area contributed by atoms with E-state index in [0.717, 1.165) is 38.6 Å². The van der Waals surface area contributed by atoms with Crippen LogP contribution in [0.1, 0.15) is 69.7 Å². The molecule has 2 unspecified atom stereocenters. The van der Waals surface area contributed by atoms with Gasteiger partial charge >= 0.3 is 0 Å². The number of nitrogens with zero attached hydrogens (tertiary/aromatic N) is 3. The molecule has 25 heavy (non-hydrogen) atoms. The maximum absolute atomic E-state index is 11.6. The normalized spacial score (nSPS) is 25.2. The lowest BCUT2D eigenvalue weighted by Crippen LogP contribution is -2.30. The molecule has 2 aliphatic rings. The molecule has 1 saturated carbocycles. The van der Waals surface area contributed by atoms with Gasteiger partial charge in [0.15, 0.2) is 0 Å². The van der Waals surface area contributed by atoms with Crippen LogP contribution in [0.3, 0.4) is 0 Å². The minimum absolute atomic E-state index is 0.0405. The van der Waals surface area contributed by atoms with E-state index in [1.807, 2.05) is 13.8 Å². The van der Waals surface area contributed by atoms with Gasteiger partial charge in [-0.1, -0.05) is 6.92 Å². The SMILES string of the molecule is CCC(C)(O)CCC1(C)CN1c1ncc(C(N)=O)c(NC2CCC2)n1. The van der Waals surface area contributed by atoms with Gasteiger partial charge in [0.05, 0.1) is 16.7 Å². The van der Waals surface area contributed by atoms with E-state index in [4.69, 9.17) is 5.73 Å². The van der Waals surface area contributed by atoms with Gasteiger partial charge in [-0.25, -0.2) is 4.98 Å². The second kappa shape index (κ2) is 6.44. The molecule has 4 N–H and O–H groups in total. The van der Waals surface area contributed by atoms with Crippen LogP contribution in [0.25, 0.3) is 0 Å². The Hall–Kier alpha value is -1.89. The minimum atomic E-state index is -0.634. The highest BCUT2D eigenvalue weighted by atomic mass is 16.3. The lowest BCUT2D eigenvalue weighted by Gasteiger charge is -2.27. The molecule has 0 bridgehead atoms. The number of carbonyl (C=O) groups excluding carboxylic acids is 1. The molecule has 1 aromatic rings. The maximum Gasteiger partial charge on any atom is 0.254 e. The van der Waals surface area contributed by atoms with Crippen molar-refractivity contribution in [2.75, 3.05) is 16.8 Å². The summed E-state index contributed by atoms with van der Waals surface area (Å²) in [5.41, 5.74) is 5.12. The van der Waals surface area contributed by atoms with Crippen molar-refractivity contribution in [3.05, 3.63) is 11.8 Å². The van der Waals surface area contributed by atoms with E-state index in [1.54, 1.807) is 0 Å². The topological polar surface area (TPSA) is 104 Å². The minimum Gasteiger partial charge on any atom is -0.390 e. The van der Waals surface area contributed by atoms with Gasteiger partial charge in [0.25, 0.3) is 5.91 Å². The molecule has 7 heteroatoms. The molecule has 2 fully saturated rings. The van der Waals surface area contributed by atoms with E-state index in [1.165, 1.54) is 12.6 Å². The summed E-state index contributed by atoms with van der Waals surface area (Å²) in [6, 6.07) is 0.362. The number of nitrogens with one attached hydrogen (secondary N) is 1. The summed E-state index contributed by atoms with van der Waals surface area (Å²) < 4.78 is 0. The molecule has 2 heterocycles. The highest BCUT2D eigenvalue weighted by molar-refractivity contribution is 5.97. The van der Waals surface area contributed by atoms with Crippen LogP contribution in [0.5, 0.6) is 0 Å². The van der Waals surface area contributed by atoms with E-state index in [-0.39, 0.29) is 5.54 Å². The molecule has 1 aliphatic heterocycles. The van der Waals surface area contributed by atoms with Crippen LogP contribution in [0, 0.1) is 0 Å². The summed E-state index contributed by atoms with van der Waals surface area (Å²) in [5, 5.41) is 13.6. The fourth-order valence-electron chi connectivity index (χ4n) is 3.09. The van der Waals surface area contributed by atoms with Gasteiger partial charge in [-0.05, 0) is 52.4 Å². The summed E-state index contributed by atoms with van der Waals surface area (Å²) in [6.07, 6.45) is 7.25. The molecular weight excluding hydrogens is 318 g/mol. The highest BCUT2D eigenvalue weighted by Crippen LogP contribution is 2.41. The molecule has 0 aromatic carbocycles. The summed E-state index contributed by atoms with van der Waals surface area (Å²) in [4.78, 5) is 22.7. The van der Waals surface area contributed by atoms with Gasteiger partial charge in [-0.3, -0.25) is 4.79 Å². The van der Waals surface area contributed by atoms with Crippen molar-refractivity contribution in [3.8, 4) is 0 Å². The molecule has 1 saturated heterocycles. The van der Waals surface area contributed by atoms with Gasteiger partial charge in [-0.15, -0.1) is 0 Å². The molecule has 138 valence electrons. The summed E-state index contributed by atoms with van der Waals surface area (Å²) >= 11 is 0. The molecular formula is C18H29N5O2. The Balaban J connectivity index is 1.72. The van der Waals surface area contributed by atoms with Crippen molar-refractivity contribution >= 4 is 17.7 Å².